The molecule has 0 N–H and O–H groups in total. The molecule has 2 rings (SSSR count). The van der Waals surface area contributed by atoms with Crippen molar-refractivity contribution in [2.24, 2.45) is 5.92 Å². The van der Waals surface area contributed by atoms with Gasteiger partial charge in [-0.1, -0.05) is 19.1 Å². The van der Waals surface area contributed by atoms with Gasteiger partial charge in [-0.15, -0.1) is 0 Å². The van der Waals surface area contributed by atoms with Crippen molar-refractivity contribution in [2.75, 3.05) is 13.7 Å². The molecule has 1 heterocycles. The normalized spacial score (nSPS) is 31.4. The lowest BCUT2D eigenvalue weighted by atomic mass is 9.81. The Bertz CT molecular complexity index is 451. The van der Waals surface area contributed by atoms with Gasteiger partial charge in [-0.3, -0.25) is 0 Å². The number of ether oxygens (including phenoxy) is 3. The maximum atomic E-state index is 13.4. The van der Waals surface area contributed by atoms with Gasteiger partial charge in [-0.2, -0.15) is 0 Å². The highest BCUT2D eigenvalue weighted by Gasteiger charge is 2.48. The first-order chi connectivity index (χ1) is 9.50. The van der Waals surface area contributed by atoms with Gasteiger partial charge < -0.3 is 14.2 Å². The van der Waals surface area contributed by atoms with Crippen LogP contribution in [0.15, 0.2) is 24.3 Å². The van der Waals surface area contributed by atoms with Crippen LogP contribution in [-0.4, -0.2) is 25.8 Å². The molecule has 0 saturated carbocycles. The second kappa shape index (κ2) is 6.20. The van der Waals surface area contributed by atoms with Gasteiger partial charge in [0.1, 0.15) is 5.82 Å². The van der Waals surface area contributed by atoms with E-state index in [0.29, 0.717) is 6.61 Å². The highest BCUT2D eigenvalue weighted by molar-refractivity contribution is 5.22. The molecule has 4 atom stereocenters. The predicted molar refractivity (Wildman–Crippen MR) is 74.8 cm³/mol. The monoisotopic (exact) mass is 282 g/mol. The molecule has 1 aliphatic rings. The van der Waals surface area contributed by atoms with Crippen LogP contribution in [0.3, 0.4) is 0 Å². The number of hydrogen-bond donors (Lipinski definition) is 0. The number of hydrogen-bond acceptors (Lipinski definition) is 3. The highest BCUT2D eigenvalue weighted by atomic mass is 19.1. The SMILES string of the molecule is CCOC1CC(C(C)c2cccc(F)c2)C(C)(OC)O1. The van der Waals surface area contributed by atoms with Crippen LogP contribution < -0.4 is 0 Å². The van der Waals surface area contributed by atoms with E-state index >= 15 is 0 Å². The summed E-state index contributed by atoms with van der Waals surface area (Å²) in [4.78, 5) is 0. The molecule has 112 valence electrons. The molecular formula is C16H23FO3. The molecule has 0 bridgehead atoms. The van der Waals surface area contributed by atoms with Crippen LogP contribution in [0, 0.1) is 11.7 Å². The Balaban J connectivity index is 2.21. The average Bonchev–Trinajstić information content (AvgIpc) is 2.76. The summed E-state index contributed by atoms with van der Waals surface area (Å²) in [6.07, 6.45) is 0.488. The summed E-state index contributed by atoms with van der Waals surface area (Å²) in [7, 11) is 1.64. The Morgan fingerprint density at radius 3 is 2.85 bits per heavy atom. The molecule has 3 nitrogen and oxygen atoms in total. The van der Waals surface area contributed by atoms with Gasteiger partial charge >= 0.3 is 0 Å². The fourth-order valence-corrected chi connectivity index (χ4v) is 2.99. The van der Waals surface area contributed by atoms with Crippen LogP contribution in [0.25, 0.3) is 0 Å². The van der Waals surface area contributed by atoms with Crippen molar-refractivity contribution < 1.29 is 18.6 Å². The minimum Gasteiger partial charge on any atom is -0.353 e. The van der Waals surface area contributed by atoms with Crippen molar-refractivity contribution >= 4 is 0 Å². The summed E-state index contributed by atoms with van der Waals surface area (Å²) in [5.74, 6) is -0.674. The first-order valence-electron chi connectivity index (χ1n) is 7.10. The van der Waals surface area contributed by atoms with Crippen molar-refractivity contribution in [3.8, 4) is 0 Å². The number of rotatable bonds is 5. The lowest BCUT2D eigenvalue weighted by Gasteiger charge is -2.32. The fraction of sp³-hybridized carbons (Fsp3) is 0.625. The van der Waals surface area contributed by atoms with Crippen LogP contribution in [0.5, 0.6) is 0 Å². The standard InChI is InChI=1S/C16H23FO3/c1-5-19-15-10-14(16(3,18-4)20-15)11(2)12-7-6-8-13(17)9-12/h6-9,11,14-15H,5,10H2,1-4H3. The minimum absolute atomic E-state index is 0.117. The average molecular weight is 282 g/mol. The van der Waals surface area contributed by atoms with E-state index in [2.05, 4.69) is 6.92 Å². The van der Waals surface area contributed by atoms with Gasteiger partial charge in [-0.05, 0) is 37.5 Å². The van der Waals surface area contributed by atoms with Crippen molar-refractivity contribution in [3.63, 3.8) is 0 Å². The zero-order valence-electron chi connectivity index (χ0n) is 12.6. The van der Waals surface area contributed by atoms with E-state index < -0.39 is 5.79 Å². The molecular weight excluding hydrogens is 259 g/mol. The van der Waals surface area contributed by atoms with E-state index in [4.69, 9.17) is 14.2 Å². The van der Waals surface area contributed by atoms with Crippen molar-refractivity contribution in [2.45, 2.75) is 45.2 Å². The molecule has 0 aliphatic carbocycles. The summed E-state index contributed by atoms with van der Waals surface area (Å²) in [5.41, 5.74) is 0.957. The second-order valence-corrected chi connectivity index (χ2v) is 5.41. The summed E-state index contributed by atoms with van der Waals surface area (Å²) < 4.78 is 30.4. The molecule has 1 fully saturated rings. The lowest BCUT2D eigenvalue weighted by Crippen LogP contribution is -2.37. The van der Waals surface area contributed by atoms with Gasteiger partial charge in [0.05, 0.1) is 0 Å². The molecule has 1 aromatic carbocycles. The lowest BCUT2D eigenvalue weighted by molar-refractivity contribution is -0.263. The third-order valence-corrected chi connectivity index (χ3v) is 4.22. The van der Waals surface area contributed by atoms with Gasteiger partial charge in [0.15, 0.2) is 12.1 Å². The van der Waals surface area contributed by atoms with E-state index in [-0.39, 0.29) is 23.9 Å². The summed E-state index contributed by atoms with van der Waals surface area (Å²) in [6.45, 7) is 6.54. The second-order valence-electron chi connectivity index (χ2n) is 5.41. The van der Waals surface area contributed by atoms with E-state index in [1.165, 1.54) is 6.07 Å². The molecule has 0 radical (unpaired) electrons. The first kappa shape index (κ1) is 15.4. The summed E-state index contributed by atoms with van der Waals surface area (Å²) in [5, 5.41) is 0. The van der Waals surface area contributed by atoms with Crippen LogP contribution in [0.4, 0.5) is 4.39 Å². The molecule has 1 saturated heterocycles. The molecule has 0 amide bonds. The van der Waals surface area contributed by atoms with E-state index in [1.807, 2.05) is 19.9 Å². The van der Waals surface area contributed by atoms with Crippen LogP contribution in [0.2, 0.25) is 0 Å². The third-order valence-electron chi connectivity index (χ3n) is 4.22. The quantitative estimate of drug-likeness (QED) is 0.824. The topological polar surface area (TPSA) is 27.7 Å². The van der Waals surface area contributed by atoms with E-state index in [9.17, 15) is 4.39 Å². The van der Waals surface area contributed by atoms with Gasteiger partial charge in [0, 0.05) is 26.1 Å². The zero-order valence-corrected chi connectivity index (χ0v) is 12.6. The number of methoxy groups -OCH3 is 1. The highest BCUT2D eigenvalue weighted by Crippen LogP contribution is 2.45. The van der Waals surface area contributed by atoms with Crippen molar-refractivity contribution in [3.05, 3.63) is 35.6 Å². The number of benzene rings is 1. The summed E-state index contributed by atoms with van der Waals surface area (Å²) >= 11 is 0. The Hall–Kier alpha value is -0.970. The van der Waals surface area contributed by atoms with Crippen LogP contribution >= 0.6 is 0 Å². The maximum Gasteiger partial charge on any atom is 0.171 e. The Morgan fingerprint density at radius 1 is 1.50 bits per heavy atom. The predicted octanol–water partition coefficient (Wildman–Crippen LogP) is 3.69. The molecule has 0 aromatic heterocycles. The van der Waals surface area contributed by atoms with Gasteiger partial charge in [0.25, 0.3) is 0 Å². The molecule has 1 aromatic rings. The van der Waals surface area contributed by atoms with E-state index in [0.717, 1.165) is 12.0 Å². The van der Waals surface area contributed by atoms with Crippen LogP contribution in [-0.2, 0) is 14.2 Å². The zero-order chi connectivity index (χ0) is 14.8. The van der Waals surface area contributed by atoms with Crippen molar-refractivity contribution in [1.29, 1.82) is 0 Å². The minimum atomic E-state index is -0.703. The molecule has 0 spiro atoms. The Labute approximate surface area is 120 Å². The van der Waals surface area contributed by atoms with Crippen LogP contribution in [0.1, 0.15) is 38.7 Å². The Morgan fingerprint density at radius 2 is 2.25 bits per heavy atom. The first-order valence-corrected chi connectivity index (χ1v) is 7.10. The largest absolute Gasteiger partial charge is 0.353 e. The third kappa shape index (κ3) is 3.03. The molecule has 20 heavy (non-hydrogen) atoms. The fourth-order valence-electron chi connectivity index (χ4n) is 2.99. The Kier molecular flexibility index (Phi) is 4.78. The smallest absolute Gasteiger partial charge is 0.171 e. The molecule has 1 aliphatic heterocycles. The van der Waals surface area contributed by atoms with Gasteiger partial charge in [0.2, 0.25) is 0 Å². The molecule has 4 heteroatoms. The maximum absolute atomic E-state index is 13.4. The van der Waals surface area contributed by atoms with E-state index in [1.54, 1.807) is 19.2 Å². The summed E-state index contributed by atoms with van der Waals surface area (Å²) in [6, 6.07) is 6.72. The number of halogens is 1. The van der Waals surface area contributed by atoms with Crippen molar-refractivity contribution in [1.82, 2.24) is 0 Å². The van der Waals surface area contributed by atoms with Gasteiger partial charge in [-0.25, -0.2) is 4.39 Å². The molecule has 4 unspecified atom stereocenters.